The minimum atomic E-state index is 0.0798. The number of hydrogen-bond acceptors (Lipinski definition) is 2. The number of hydrogen-bond donors (Lipinski definition) is 4. The summed E-state index contributed by atoms with van der Waals surface area (Å²) < 4.78 is 0. The molecule has 0 aliphatic heterocycles. The molecule has 0 fully saturated rings. The van der Waals surface area contributed by atoms with Crippen LogP contribution >= 0.6 is 0 Å². The van der Waals surface area contributed by atoms with Gasteiger partial charge in [-0.3, -0.25) is 10.4 Å². The number of guanidine groups is 2. The van der Waals surface area contributed by atoms with E-state index in [1.807, 2.05) is 7.05 Å². The van der Waals surface area contributed by atoms with Gasteiger partial charge in [-0.05, 0) is 35.4 Å². The number of nitrogens with one attached hydrogen (secondary N) is 1. The Morgan fingerprint density at radius 2 is 2.00 bits per heavy atom. The van der Waals surface area contributed by atoms with E-state index in [1.54, 1.807) is 4.90 Å². The van der Waals surface area contributed by atoms with E-state index >= 15 is 0 Å². The highest BCUT2D eigenvalue weighted by molar-refractivity contribution is 5.75. The van der Waals surface area contributed by atoms with Crippen molar-refractivity contribution in [3.05, 3.63) is 34.9 Å². The van der Waals surface area contributed by atoms with Crippen LogP contribution in [0.25, 0.3) is 0 Å². The van der Waals surface area contributed by atoms with Gasteiger partial charge in [-0.2, -0.15) is 0 Å². The van der Waals surface area contributed by atoms with E-state index in [4.69, 9.17) is 22.6 Å². The molecule has 0 spiro atoms. The van der Waals surface area contributed by atoms with Gasteiger partial charge in [-0.25, -0.2) is 0 Å². The summed E-state index contributed by atoms with van der Waals surface area (Å²) in [7, 11) is 1.82. The van der Waals surface area contributed by atoms with Gasteiger partial charge in [-0.15, -0.1) is 0 Å². The maximum atomic E-state index is 7.40. The quantitative estimate of drug-likeness (QED) is 0.456. The molecule has 1 atom stereocenters. The Hall–Kier alpha value is -2.24. The Morgan fingerprint density at radius 3 is 2.65 bits per heavy atom. The second-order valence-electron chi connectivity index (χ2n) is 5.38. The second kappa shape index (κ2) is 5.81. The first-order chi connectivity index (χ1) is 9.45. The van der Waals surface area contributed by atoms with Gasteiger partial charge in [0.15, 0.2) is 11.9 Å². The largest absolute Gasteiger partial charge is 0.370 e. The Balaban J connectivity index is 2.03. The minimum absolute atomic E-state index is 0.0798. The van der Waals surface area contributed by atoms with Crippen LogP contribution in [-0.4, -0.2) is 30.4 Å². The SMILES string of the molecule is CN(Cc1ccc2c(c1)C[C@H](CN=C(N)N)C2)C(=N)N. The van der Waals surface area contributed by atoms with E-state index in [2.05, 4.69) is 23.2 Å². The van der Waals surface area contributed by atoms with Gasteiger partial charge in [0.1, 0.15) is 0 Å². The number of aliphatic imine (C=N–C) groups is 1. The standard InChI is InChI=1S/C14H22N6/c1-20(14(17)18)8-9-2-3-11-5-10(6-12(11)4-9)7-19-13(15)16/h2-4,10H,5-8H2,1H3,(H3,17,18)(H4,15,16,19)/t10-/m1/s1. The maximum Gasteiger partial charge on any atom is 0.188 e. The van der Waals surface area contributed by atoms with E-state index in [9.17, 15) is 0 Å². The van der Waals surface area contributed by atoms with Crippen LogP contribution in [0.4, 0.5) is 0 Å². The molecule has 0 bridgehead atoms. The average molecular weight is 274 g/mol. The van der Waals surface area contributed by atoms with Crippen molar-refractivity contribution in [1.29, 1.82) is 5.41 Å². The molecule has 0 saturated carbocycles. The summed E-state index contributed by atoms with van der Waals surface area (Å²) in [6, 6.07) is 6.46. The van der Waals surface area contributed by atoms with E-state index in [-0.39, 0.29) is 11.9 Å². The summed E-state index contributed by atoms with van der Waals surface area (Å²) in [6.07, 6.45) is 2.03. The third-order valence-electron chi connectivity index (χ3n) is 3.65. The molecule has 1 aromatic carbocycles. The highest BCUT2D eigenvalue weighted by Gasteiger charge is 2.21. The van der Waals surface area contributed by atoms with Crippen LogP contribution in [0.3, 0.4) is 0 Å². The van der Waals surface area contributed by atoms with Crippen LogP contribution < -0.4 is 17.2 Å². The number of nitrogens with two attached hydrogens (primary N) is 3. The molecule has 6 nitrogen and oxygen atoms in total. The van der Waals surface area contributed by atoms with Crippen molar-refractivity contribution in [2.45, 2.75) is 19.4 Å². The van der Waals surface area contributed by atoms with Gasteiger partial charge >= 0.3 is 0 Å². The fourth-order valence-corrected chi connectivity index (χ4v) is 2.58. The second-order valence-corrected chi connectivity index (χ2v) is 5.38. The normalized spacial score (nSPS) is 16.6. The van der Waals surface area contributed by atoms with Crippen LogP contribution in [0.2, 0.25) is 0 Å². The fraction of sp³-hybridized carbons (Fsp3) is 0.429. The Bertz CT molecular complexity index is 532. The van der Waals surface area contributed by atoms with Gasteiger partial charge in [0, 0.05) is 20.1 Å². The van der Waals surface area contributed by atoms with Crippen LogP contribution in [0.15, 0.2) is 23.2 Å². The first-order valence-electron chi connectivity index (χ1n) is 6.67. The first-order valence-corrected chi connectivity index (χ1v) is 6.67. The predicted octanol–water partition coefficient (Wildman–Crippen LogP) is 0.0000700. The highest BCUT2D eigenvalue weighted by atomic mass is 15.2. The minimum Gasteiger partial charge on any atom is -0.370 e. The lowest BCUT2D eigenvalue weighted by Gasteiger charge is -2.17. The van der Waals surface area contributed by atoms with Crippen molar-refractivity contribution in [1.82, 2.24) is 4.90 Å². The van der Waals surface area contributed by atoms with Crippen molar-refractivity contribution >= 4 is 11.9 Å². The van der Waals surface area contributed by atoms with Crippen LogP contribution in [0, 0.1) is 11.3 Å². The van der Waals surface area contributed by atoms with Crippen molar-refractivity contribution in [2.75, 3.05) is 13.6 Å². The summed E-state index contributed by atoms with van der Waals surface area (Å²) >= 11 is 0. The number of fused-ring (bicyclic) bond motifs is 1. The summed E-state index contributed by atoms with van der Waals surface area (Å²) in [5, 5.41) is 7.40. The summed E-state index contributed by atoms with van der Waals surface area (Å²) in [5.74, 6) is 0.716. The van der Waals surface area contributed by atoms with Gasteiger partial charge in [0.2, 0.25) is 0 Å². The summed E-state index contributed by atoms with van der Waals surface area (Å²) in [5.41, 5.74) is 20.1. The number of nitrogens with zero attached hydrogens (tertiary/aromatic N) is 2. The first kappa shape index (κ1) is 14.2. The molecule has 0 unspecified atom stereocenters. The molecule has 1 aliphatic carbocycles. The van der Waals surface area contributed by atoms with E-state index < -0.39 is 0 Å². The Morgan fingerprint density at radius 1 is 1.30 bits per heavy atom. The third-order valence-corrected chi connectivity index (χ3v) is 3.65. The topological polar surface area (TPSA) is 118 Å². The fourth-order valence-electron chi connectivity index (χ4n) is 2.58. The molecule has 20 heavy (non-hydrogen) atoms. The van der Waals surface area contributed by atoms with Crippen LogP contribution in [-0.2, 0) is 19.4 Å². The predicted molar refractivity (Wildman–Crippen MR) is 81.4 cm³/mol. The zero-order valence-electron chi connectivity index (χ0n) is 11.8. The molecule has 0 heterocycles. The summed E-state index contributed by atoms with van der Waals surface area (Å²) in [6.45, 7) is 1.33. The molecule has 0 aromatic heterocycles. The van der Waals surface area contributed by atoms with E-state index in [0.717, 1.165) is 12.8 Å². The molecule has 0 radical (unpaired) electrons. The molecule has 6 heteroatoms. The van der Waals surface area contributed by atoms with Crippen molar-refractivity contribution < 1.29 is 0 Å². The zero-order valence-corrected chi connectivity index (χ0v) is 11.8. The molecule has 0 amide bonds. The number of rotatable bonds is 4. The summed E-state index contributed by atoms with van der Waals surface area (Å²) in [4.78, 5) is 5.82. The number of benzene rings is 1. The molecule has 1 aliphatic rings. The Kier molecular flexibility index (Phi) is 4.12. The lowest BCUT2D eigenvalue weighted by Crippen LogP contribution is -2.32. The van der Waals surface area contributed by atoms with Gasteiger partial charge in [-0.1, -0.05) is 18.2 Å². The van der Waals surface area contributed by atoms with E-state index in [0.29, 0.717) is 19.0 Å². The molecule has 1 aromatic rings. The van der Waals surface area contributed by atoms with Gasteiger partial charge in [0.05, 0.1) is 0 Å². The molecular formula is C14H22N6. The molecule has 0 saturated heterocycles. The molecule has 2 rings (SSSR count). The van der Waals surface area contributed by atoms with Crippen molar-refractivity contribution in [3.63, 3.8) is 0 Å². The average Bonchev–Trinajstić information content (AvgIpc) is 2.78. The van der Waals surface area contributed by atoms with E-state index in [1.165, 1.54) is 16.7 Å². The monoisotopic (exact) mass is 274 g/mol. The van der Waals surface area contributed by atoms with Gasteiger partial charge in [0.25, 0.3) is 0 Å². The highest BCUT2D eigenvalue weighted by Crippen LogP contribution is 2.28. The van der Waals surface area contributed by atoms with Crippen LogP contribution in [0.1, 0.15) is 16.7 Å². The molecular weight excluding hydrogens is 252 g/mol. The van der Waals surface area contributed by atoms with Crippen molar-refractivity contribution in [3.8, 4) is 0 Å². The molecule has 108 valence electrons. The maximum absolute atomic E-state index is 7.40. The molecule has 7 N–H and O–H groups in total. The zero-order chi connectivity index (χ0) is 14.7. The lowest BCUT2D eigenvalue weighted by molar-refractivity contribution is 0.491. The van der Waals surface area contributed by atoms with Gasteiger partial charge < -0.3 is 22.1 Å². The lowest BCUT2D eigenvalue weighted by atomic mass is 10.1. The Labute approximate surface area is 119 Å². The van der Waals surface area contributed by atoms with Crippen molar-refractivity contribution in [2.24, 2.45) is 28.1 Å². The smallest absolute Gasteiger partial charge is 0.188 e. The van der Waals surface area contributed by atoms with Crippen LogP contribution in [0.5, 0.6) is 0 Å². The third kappa shape index (κ3) is 3.40.